The highest BCUT2D eigenvalue weighted by atomic mass is 32.2. The quantitative estimate of drug-likeness (QED) is 0.639. The van der Waals surface area contributed by atoms with Crippen molar-refractivity contribution < 1.29 is 9.90 Å². The van der Waals surface area contributed by atoms with Gasteiger partial charge in [0.15, 0.2) is 0 Å². The number of nitrogens with zero attached hydrogens (tertiary/aromatic N) is 1. The minimum absolute atomic E-state index is 0.322. The molecule has 0 aliphatic rings. The van der Waals surface area contributed by atoms with E-state index in [9.17, 15) is 4.79 Å². The molecular weight excluding hydrogens is 174 g/mol. The van der Waals surface area contributed by atoms with Gasteiger partial charge in [-0.25, -0.2) is 0 Å². The van der Waals surface area contributed by atoms with Crippen LogP contribution >= 0.6 is 11.8 Å². The fourth-order valence-electron chi connectivity index (χ4n) is 1.02. The Bertz CT molecular complexity index is 139. The third kappa shape index (κ3) is 4.62. The molecule has 0 radical (unpaired) electrons. The van der Waals surface area contributed by atoms with Crippen molar-refractivity contribution in [1.29, 1.82) is 0 Å². The maximum absolute atomic E-state index is 10.7. The van der Waals surface area contributed by atoms with E-state index in [-0.39, 0.29) is 6.04 Å². The molecule has 12 heavy (non-hydrogen) atoms. The average Bonchev–Trinajstić information content (AvgIpc) is 1.96. The minimum Gasteiger partial charge on any atom is -0.480 e. The van der Waals surface area contributed by atoms with Gasteiger partial charge in [0.1, 0.15) is 6.04 Å². The summed E-state index contributed by atoms with van der Waals surface area (Å²) in [4.78, 5) is 12.4. The molecule has 1 unspecified atom stereocenters. The van der Waals surface area contributed by atoms with Gasteiger partial charge in [0, 0.05) is 0 Å². The molecule has 4 heteroatoms. The molecule has 0 saturated carbocycles. The van der Waals surface area contributed by atoms with Gasteiger partial charge in [-0.2, -0.15) is 11.8 Å². The monoisotopic (exact) mass is 191 g/mol. The number of thioether (sulfide) groups is 1. The Hall–Kier alpha value is -0.220. The van der Waals surface area contributed by atoms with Crippen LogP contribution in [0.25, 0.3) is 0 Å². The van der Waals surface area contributed by atoms with Gasteiger partial charge in [0.25, 0.3) is 0 Å². The number of hydrogen-bond acceptors (Lipinski definition) is 3. The number of likely N-dealkylation sites (N-methyl/N-ethyl adjacent to an activating group) is 1. The van der Waals surface area contributed by atoms with E-state index in [1.165, 1.54) is 0 Å². The standard InChI is InChI=1S/C8H17NO2S/c1-9(2)7(8(10)11)5-4-6-12-3/h7H,4-6H2,1-3H3,(H,10,11). The third-order valence-corrected chi connectivity index (χ3v) is 2.43. The Kier molecular flexibility index (Phi) is 6.20. The van der Waals surface area contributed by atoms with Crippen LogP contribution in [0.4, 0.5) is 0 Å². The fourth-order valence-corrected chi connectivity index (χ4v) is 1.48. The molecule has 0 amide bonds. The third-order valence-electron chi connectivity index (χ3n) is 1.73. The summed E-state index contributed by atoms with van der Waals surface area (Å²) in [6.07, 6.45) is 3.74. The molecule has 1 atom stereocenters. The largest absolute Gasteiger partial charge is 0.480 e. The van der Waals surface area contributed by atoms with E-state index in [4.69, 9.17) is 5.11 Å². The first-order valence-electron chi connectivity index (χ1n) is 3.97. The van der Waals surface area contributed by atoms with Crippen LogP contribution in [-0.4, -0.2) is 48.1 Å². The highest BCUT2D eigenvalue weighted by molar-refractivity contribution is 7.98. The molecular formula is C8H17NO2S. The molecule has 0 fully saturated rings. The molecule has 0 aromatic carbocycles. The lowest BCUT2D eigenvalue weighted by Crippen LogP contribution is -2.35. The second kappa shape index (κ2) is 6.31. The number of aliphatic carboxylic acids is 1. The lowest BCUT2D eigenvalue weighted by molar-refractivity contribution is -0.142. The maximum Gasteiger partial charge on any atom is 0.320 e. The zero-order valence-electron chi connectivity index (χ0n) is 7.91. The van der Waals surface area contributed by atoms with E-state index in [1.54, 1.807) is 30.8 Å². The summed E-state index contributed by atoms with van der Waals surface area (Å²) in [6, 6.07) is -0.322. The molecule has 0 aromatic rings. The fraction of sp³-hybridized carbons (Fsp3) is 0.875. The van der Waals surface area contributed by atoms with Crippen LogP contribution in [0.5, 0.6) is 0 Å². The van der Waals surface area contributed by atoms with Crippen LogP contribution in [-0.2, 0) is 4.79 Å². The van der Waals surface area contributed by atoms with E-state index in [1.807, 2.05) is 6.26 Å². The molecule has 0 aliphatic carbocycles. The average molecular weight is 191 g/mol. The van der Waals surface area contributed by atoms with Gasteiger partial charge < -0.3 is 5.11 Å². The van der Waals surface area contributed by atoms with E-state index in [0.29, 0.717) is 0 Å². The van der Waals surface area contributed by atoms with E-state index >= 15 is 0 Å². The zero-order valence-corrected chi connectivity index (χ0v) is 8.73. The van der Waals surface area contributed by atoms with E-state index in [0.717, 1.165) is 18.6 Å². The first-order valence-corrected chi connectivity index (χ1v) is 5.37. The van der Waals surface area contributed by atoms with Crippen molar-refractivity contribution >= 4 is 17.7 Å². The SMILES string of the molecule is CSCCCC(C(=O)O)N(C)C. The van der Waals surface area contributed by atoms with E-state index in [2.05, 4.69) is 0 Å². The summed E-state index contributed by atoms with van der Waals surface area (Å²) in [6.45, 7) is 0. The van der Waals surface area contributed by atoms with Crippen LogP contribution < -0.4 is 0 Å². The van der Waals surface area contributed by atoms with Gasteiger partial charge in [-0.1, -0.05) is 0 Å². The molecule has 0 saturated heterocycles. The second-order valence-electron chi connectivity index (χ2n) is 2.95. The van der Waals surface area contributed by atoms with Gasteiger partial charge >= 0.3 is 5.97 Å². The first kappa shape index (κ1) is 11.8. The Morgan fingerprint density at radius 2 is 2.17 bits per heavy atom. The smallest absolute Gasteiger partial charge is 0.320 e. The Morgan fingerprint density at radius 1 is 1.58 bits per heavy atom. The predicted molar refractivity (Wildman–Crippen MR) is 52.7 cm³/mol. The summed E-state index contributed by atoms with van der Waals surface area (Å²) in [5.41, 5.74) is 0. The summed E-state index contributed by atoms with van der Waals surface area (Å²) < 4.78 is 0. The Morgan fingerprint density at radius 3 is 2.50 bits per heavy atom. The first-order chi connectivity index (χ1) is 5.59. The van der Waals surface area contributed by atoms with Crippen molar-refractivity contribution in [1.82, 2.24) is 4.90 Å². The van der Waals surface area contributed by atoms with E-state index < -0.39 is 5.97 Å². The van der Waals surface area contributed by atoms with Gasteiger partial charge in [-0.05, 0) is 38.9 Å². The lowest BCUT2D eigenvalue weighted by Gasteiger charge is -2.19. The molecule has 0 bridgehead atoms. The highest BCUT2D eigenvalue weighted by Crippen LogP contribution is 2.06. The number of carbonyl (C=O) groups is 1. The summed E-state index contributed by atoms with van der Waals surface area (Å²) in [5, 5.41) is 8.79. The summed E-state index contributed by atoms with van der Waals surface area (Å²) in [5.74, 6) is 0.318. The molecule has 0 aliphatic heterocycles. The predicted octanol–water partition coefficient (Wildman–Crippen LogP) is 1.14. The summed E-state index contributed by atoms with van der Waals surface area (Å²) >= 11 is 1.76. The minimum atomic E-state index is -0.721. The van der Waals surface area contributed by atoms with Crippen molar-refractivity contribution in [3.05, 3.63) is 0 Å². The highest BCUT2D eigenvalue weighted by Gasteiger charge is 2.18. The maximum atomic E-state index is 10.7. The molecule has 72 valence electrons. The van der Waals surface area contributed by atoms with Crippen molar-refractivity contribution in [2.24, 2.45) is 0 Å². The molecule has 1 N–H and O–H groups in total. The van der Waals surface area contributed by atoms with Crippen LogP contribution in [0.15, 0.2) is 0 Å². The number of carboxylic acids is 1. The van der Waals surface area contributed by atoms with Gasteiger partial charge in [0.2, 0.25) is 0 Å². The van der Waals surface area contributed by atoms with Crippen LogP contribution in [0.3, 0.4) is 0 Å². The molecule has 0 rings (SSSR count). The van der Waals surface area contributed by atoms with Crippen LogP contribution in [0.1, 0.15) is 12.8 Å². The van der Waals surface area contributed by atoms with Gasteiger partial charge in [0.05, 0.1) is 0 Å². The topological polar surface area (TPSA) is 40.5 Å². The Balaban J connectivity index is 3.72. The molecule has 3 nitrogen and oxygen atoms in total. The lowest BCUT2D eigenvalue weighted by atomic mass is 10.1. The molecule has 0 aromatic heterocycles. The summed E-state index contributed by atoms with van der Waals surface area (Å²) in [7, 11) is 3.61. The van der Waals surface area contributed by atoms with Gasteiger partial charge in [-0.3, -0.25) is 9.69 Å². The molecule has 0 heterocycles. The molecule has 0 spiro atoms. The van der Waals surface area contributed by atoms with Crippen molar-refractivity contribution in [3.63, 3.8) is 0 Å². The number of carboxylic acid groups (broad SMARTS) is 1. The van der Waals surface area contributed by atoms with Crippen molar-refractivity contribution in [2.75, 3.05) is 26.1 Å². The zero-order chi connectivity index (χ0) is 9.56. The van der Waals surface area contributed by atoms with Crippen molar-refractivity contribution in [2.45, 2.75) is 18.9 Å². The number of rotatable bonds is 6. The Labute approximate surface area is 78.1 Å². The van der Waals surface area contributed by atoms with Crippen LogP contribution in [0, 0.1) is 0 Å². The normalized spacial score (nSPS) is 13.3. The van der Waals surface area contributed by atoms with Gasteiger partial charge in [-0.15, -0.1) is 0 Å². The van der Waals surface area contributed by atoms with Crippen LogP contribution in [0.2, 0.25) is 0 Å². The number of hydrogen-bond donors (Lipinski definition) is 1. The second-order valence-corrected chi connectivity index (χ2v) is 3.94. The van der Waals surface area contributed by atoms with Crippen molar-refractivity contribution in [3.8, 4) is 0 Å².